The third kappa shape index (κ3) is 3.99. The monoisotopic (exact) mass is 423 g/mol. The highest BCUT2D eigenvalue weighted by Gasteiger charge is 2.28. The lowest BCUT2D eigenvalue weighted by atomic mass is 10.1. The number of nitrogens with zero attached hydrogens (tertiary/aromatic N) is 2. The van der Waals surface area contributed by atoms with Crippen molar-refractivity contribution in [3.05, 3.63) is 52.3 Å². The molecule has 1 aliphatic rings. The molecule has 4 rings (SSSR count). The van der Waals surface area contributed by atoms with Gasteiger partial charge in [-0.2, -0.15) is 0 Å². The zero-order valence-corrected chi connectivity index (χ0v) is 17.7. The summed E-state index contributed by atoms with van der Waals surface area (Å²) < 4.78 is 10.7. The molecule has 0 radical (unpaired) electrons. The third-order valence-corrected chi connectivity index (χ3v) is 5.64. The van der Waals surface area contributed by atoms with Crippen molar-refractivity contribution in [2.75, 3.05) is 30.5 Å². The van der Waals surface area contributed by atoms with E-state index in [0.717, 1.165) is 21.1 Å². The number of hydrogen-bond acceptors (Lipinski definition) is 6. The lowest BCUT2D eigenvalue weighted by Crippen LogP contribution is -2.43. The Morgan fingerprint density at radius 1 is 1.23 bits per heavy atom. The number of rotatable bonds is 5. The molecular formula is C22H21N3O4S. The van der Waals surface area contributed by atoms with E-state index in [1.807, 2.05) is 32.0 Å². The van der Waals surface area contributed by atoms with Crippen LogP contribution >= 0.6 is 11.3 Å². The van der Waals surface area contributed by atoms with Crippen LogP contribution in [0.15, 0.2) is 42.5 Å². The Kier molecular flexibility index (Phi) is 5.41. The molecule has 2 heterocycles. The van der Waals surface area contributed by atoms with Gasteiger partial charge in [0.2, 0.25) is 5.91 Å². The van der Waals surface area contributed by atoms with Gasteiger partial charge in [0, 0.05) is 16.1 Å². The average molecular weight is 423 g/mol. The Labute approximate surface area is 178 Å². The van der Waals surface area contributed by atoms with Gasteiger partial charge in [-0.1, -0.05) is 0 Å². The predicted octanol–water partition coefficient (Wildman–Crippen LogP) is 3.80. The normalized spacial score (nSPS) is 12.9. The fourth-order valence-corrected chi connectivity index (χ4v) is 4.18. The Balaban J connectivity index is 1.58. The SMILES string of the molecule is COc1ccc(NC(=O)CN2C(=O)COc3ccc(-c4nc(C)sc4C)cc32)cc1. The summed E-state index contributed by atoms with van der Waals surface area (Å²) in [6.45, 7) is 3.76. The van der Waals surface area contributed by atoms with Crippen LogP contribution in [0.4, 0.5) is 11.4 Å². The molecule has 0 bridgehead atoms. The number of hydrogen-bond donors (Lipinski definition) is 1. The summed E-state index contributed by atoms with van der Waals surface area (Å²) in [6.07, 6.45) is 0. The number of aromatic nitrogens is 1. The molecule has 1 N–H and O–H groups in total. The highest BCUT2D eigenvalue weighted by atomic mass is 32.1. The zero-order valence-electron chi connectivity index (χ0n) is 16.9. The Bertz CT molecular complexity index is 1110. The van der Waals surface area contributed by atoms with Crippen LogP contribution in [-0.2, 0) is 9.59 Å². The molecule has 30 heavy (non-hydrogen) atoms. The maximum Gasteiger partial charge on any atom is 0.265 e. The molecule has 2 amide bonds. The smallest absolute Gasteiger partial charge is 0.265 e. The fourth-order valence-electron chi connectivity index (χ4n) is 3.34. The molecule has 154 valence electrons. The van der Waals surface area contributed by atoms with Crippen molar-refractivity contribution >= 4 is 34.5 Å². The van der Waals surface area contributed by atoms with Crippen LogP contribution in [0.5, 0.6) is 11.5 Å². The van der Waals surface area contributed by atoms with Gasteiger partial charge in [0.15, 0.2) is 6.61 Å². The van der Waals surface area contributed by atoms with Crippen LogP contribution in [0.25, 0.3) is 11.3 Å². The quantitative estimate of drug-likeness (QED) is 0.675. The molecule has 1 aliphatic heterocycles. The molecule has 0 saturated carbocycles. The minimum atomic E-state index is -0.299. The van der Waals surface area contributed by atoms with Crippen LogP contribution in [-0.4, -0.2) is 37.1 Å². The summed E-state index contributed by atoms with van der Waals surface area (Å²) in [5.74, 6) is 0.703. The Hall–Kier alpha value is -3.39. The number of carbonyl (C=O) groups excluding carboxylic acids is 2. The molecule has 2 aromatic carbocycles. The van der Waals surface area contributed by atoms with Crippen LogP contribution in [0.2, 0.25) is 0 Å². The van der Waals surface area contributed by atoms with Crippen LogP contribution < -0.4 is 19.7 Å². The highest BCUT2D eigenvalue weighted by molar-refractivity contribution is 7.11. The van der Waals surface area contributed by atoms with E-state index in [2.05, 4.69) is 10.3 Å². The lowest BCUT2D eigenvalue weighted by Gasteiger charge is -2.29. The molecule has 0 unspecified atom stereocenters. The second-order valence-electron chi connectivity index (χ2n) is 6.87. The van der Waals surface area contributed by atoms with Crippen molar-refractivity contribution in [2.24, 2.45) is 0 Å². The molecule has 7 nitrogen and oxygen atoms in total. The van der Waals surface area contributed by atoms with E-state index in [1.54, 1.807) is 42.7 Å². The molecular weight excluding hydrogens is 402 g/mol. The maximum absolute atomic E-state index is 12.6. The van der Waals surface area contributed by atoms with Crippen molar-refractivity contribution in [3.8, 4) is 22.8 Å². The van der Waals surface area contributed by atoms with Gasteiger partial charge in [-0.15, -0.1) is 11.3 Å². The van der Waals surface area contributed by atoms with E-state index in [-0.39, 0.29) is 25.0 Å². The predicted molar refractivity (Wildman–Crippen MR) is 116 cm³/mol. The average Bonchev–Trinajstić information content (AvgIpc) is 3.08. The Morgan fingerprint density at radius 2 is 2.00 bits per heavy atom. The van der Waals surface area contributed by atoms with Gasteiger partial charge in [-0.05, 0) is 56.3 Å². The van der Waals surface area contributed by atoms with Crippen molar-refractivity contribution < 1.29 is 19.1 Å². The number of benzene rings is 2. The van der Waals surface area contributed by atoms with Crippen molar-refractivity contribution in [1.82, 2.24) is 4.98 Å². The molecule has 0 saturated heterocycles. The first-order valence-electron chi connectivity index (χ1n) is 9.40. The van der Waals surface area contributed by atoms with Gasteiger partial charge in [-0.3, -0.25) is 14.5 Å². The first-order valence-corrected chi connectivity index (χ1v) is 10.2. The maximum atomic E-state index is 12.6. The number of nitrogens with one attached hydrogen (secondary N) is 1. The minimum Gasteiger partial charge on any atom is -0.497 e. The molecule has 8 heteroatoms. The molecule has 0 spiro atoms. The second-order valence-corrected chi connectivity index (χ2v) is 8.27. The molecule has 0 atom stereocenters. The fraction of sp³-hybridized carbons (Fsp3) is 0.227. The zero-order chi connectivity index (χ0) is 21.3. The number of methoxy groups -OCH3 is 1. The van der Waals surface area contributed by atoms with Gasteiger partial charge in [0.1, 0.15) is 18.0 Å². The summed E-state index contributed by atoms with van der Waals surface area (Å²) in [5, 5.41) is 3.79. The number of aryl methyl sites for hydroxylation is 2. The van der Waals surface area contributed by atoms with E-state index in [0.29, 0.717) is 22.9 Å². The first-order chi connectivity index (χ1) is 14.4. The van der Waals surface area contributed by atoms with Gasteiger partial charge >= 0.3 is 0 Å². The van der Waals surface area contributed by atoms with Crippen molar-refractivity contribution in [3.63, 3.8) is 0 Å². The number of carbonyl (C=O) groups is 2. The molecule has 0 fully saturated rings. The summed E-state index contributed by atoms with van der Waals surface area (Å²) in [6, 6.07) is 12.6. The number of thiazole rings is 1. The Morgan fingerprint density at radius 3 is 2.67 bits per heavy atom. The van der Waals surface area contributed by atoms with Gasteiger partial charge < -0.3 is 14.8 Å². The van der Waals surface area contributed by atoms with E-state index < -0.39 is 0 Å². The molecule has 1 aromatic heterocycles. The van der Waals surface area contributed by atoms with Gasteiger partial charge in [-0.25, -0.2) is 4.98 Å². The van der Waals surface area contributed by atoms with Crippen LogP contribution in [0.1, 0.15) is 9.88 Å². The second kappa shape index (κ2) is 8.16. The van der Waals surface area contributed by atoms with E-state index >= 15 is 0 Å². The van der Waals surface area contributed by atoms with Gasteiger partial charge in [0.05, 0.1) is 23.5 Å². The summed E-state index contributed by atoms with van der Waals surface area (Å²) in [7, 11) is 1.58. The molecule has 0 aliphatic carbocycles. The number of ether oxygens (including phenoxy) is 2. The third-order valence-electron chi connectivity index (χ3n) is 4.75. The van der Waals surface area contributed by atoms with Crippen molar-refractivity contribution in [2.45, 2.75) is 13.8 Å². The van der Waals surface area contributed by atoms with Crippen LogP contribution in [0, 0.1) is 13.8 Å². The van der Waals surface area contributed by atoms with Crippen LogP contribution in [0.3, 0.4) is 0 Å². The summed E-state index contributed by atoms with van der Waals surface area (Å²) >= 11 is 1.62. The standard InChI is InChI=1S/C22H21N3O4S/c1-13-22(23-14(2)30-13)15-4-9-19-18(10-15)25(21(27)12-29-19)11-20(26)24-16-5-7-17(28-3)8-6-16/h4-10H,11-12H2,1-3H3,(H,24,26). The lowest BCUT2D eigenvalue weighted by molar-refractivity contribution is -0.123. The van der Waals surface area contributed by atoms with E-state index in [1.165, 1.54) is 4.90 Å². The number of anilines is 2. The van der Waals surface area contributed by atoms with E-state index in [4.69, 9.17) is 9.47 Å². The highest BCUT2D eigenvalue weighted by Crippen LogP contribution is 2.37. The van der Waals surface area contributed by atoms with Crippen molar-refractivity contribution in [1.29, 1.82) is 0 Å². The number of fused-ring (bicyclic) bond motifs is 1. The number of amides is 2. The summed E-state index contributed by atoms with van der Waals surface area (Å²) in [5.41, 5.74) is 2.96. The topological polar surface area (TPSA) is 80.8 Å². The van der Waals surface area contributed by atoms with E-state index in [9.17, 15) is 9.59 Å². The summed E-state index contributed by atoms with van der Waals surface area (Å²) in [4.78, 5) is 32.3. The largest absolute Gasteiger partial charge is 0.497 e. The van der Waals surface area contributed by atoms with Gasteiger partial charge in [0.25, 0.3) is 5.91 Å². The minimum absolute atomic E-state index is 0.100. The molecule has 3 aromatic rings. The first kappa shape index (κ1) is 19.9.